The predicted octanol–water partition coefficient (Wildman–Crippen LogP) is 2.45. The van der Waals surface area contributed by atoms with Gasteiger partial charge in [0, 0.05) is 12.2 Å². The Morgan fingerprint density at radius 3 is 2.65 bits per heavy atom. The summed E-state index contributed by atoms with van der Waals surface area (Å²) in [6.45, 7) is 0.878. The summed E-state index contributed by atoms with van der Waals surface area (Å²) in [5.41, 5.74) is 1.82. The van der Waals surface area contributed by atoms with Gasteiger partial charge in [0.2, 0.25) is 0 Å². The fraction of sp³-hybridized carbons (Fsp3) is 0.500. The lowest BCUT2D eigenvalue weighted by atomic mass is 9.74. The zero-order chi connectivity index (χ0) is 11.9. The van der Waals surface area contributed by atoms with Crippen LogP contribution in [0.25, 0.3) is 0 Å². The number of nitrogens with zero attached hydrogens (tertiary/aromatic N) is 1. The van der Waals surface area contributed by atoms with Crippen molar-refractivity contribution in [2.75, 3.05) is 11.4 Å². The molecule has 0 radical (unpaired) electrons. The third-order valence-electron chi connectivity index (χ3n) is 4.21. The predicted molar refractivity (Wildman–Crippen MR) is 66.3 cm³/mol. The summed E-state index contributed by atoms with van der Waals surface area (Å²) in [5, 5.41) is 9.52. The second-order valence-corrected chi connectivity index (χ2v) is 5.07. The molecule has 3 heteroatoms. The van der Waals surface area contributed by atoms with Gasteiger partial charge in [0.05, 0.1) is 0 Å². The lowest BCUT2D eigenvalue weighted by molar-refractivity contribution is -0.146. The molecule has 90 valence electrons. The summed E-state index contributed by atoms with van der Waals surface area (Å²) in [6, 6.07) is 8.23. The first-order valence-corrected chi connectivity index (χ1v) is 6.33. The first-order chi connectivity index (χ1) is 8.24. The molecular formula is C14H17NO2. The Hall–Kier alpha value is -1.51. The SMILES string of the molecule is O=C(O)C1(N2CCCc3ccccc32)CCC1. The number of aryl methyl sites for hydroxylation is 1. The quantitative estimate of drug-likeness (QED) is 0.850. The number of hydrogen-bond acceptors (Lipinski definition) is 2. The van der Waals surface area contributed by atoms with Crippen molar-refractivity contribution in [3.63, 3.8) is 0 Å². The highest BCUT2D eigenvalue weighted by Gasteiger charge is 2.50. The van der Waals surface area contributed by atoms with Gasteiger partial charge in [-0.25, -0.2) is 4.79 Å². The average Bonchev–Trinajstić information content (AvgIpc) is 2.27. The number of para-hydroxylation sites is 1. The molecule has 0 aromatic heterocycles. The fourth-order valence-electron chi connectivity index (χ4n) is 3.09. The average molecular weight is 231 g/mol. The standard InChI is InChI=1S/C14H17NO2/c16-13(17)14(8-4-9-14)15-10-3-6-11-5-1-2-7-12(11)15/h1-2,5,7H,3-4,6,8-10H2,(H,16,17). The van der Waals surface area contributed by atoms with E-state index in [4.69, 9.17) is 0 Å². The Kier molecular flexibility index (Phi) is 2.35. The number of carboxylic acids is 1. The van der Waals surface area contributed by atoms with Gasteiger partial charge in [0.15, 0.2) is 0 Å². The molecule has 3 nitrogen and oxygen atoms in total. The fourth-order valence-corrected chi connectivity index (χ4v) is 3.09. The molecule has 0 spiro atoms. The summed E-state index contributed by atoms with van der Waals surface area (Å²) in [7, 11) is 0. The highest BCUT2D eigenvalue weighted by Crippen LogP contribution is 2.43. The molecule has 3 rings (SSSR count). The molecule has 0 amide bonds. The Bertz CT molecular complexity index is 451. The van der Waals surface area contributed by atoms with Crippen molar-refractivity contribution in [3.05, 3.63) is 29.8 Å². The summed E-state index contributed by atoms with van der Waals surface area (Å²) in [5.74, 6) is -0.652. The van der Waals surface area contributed by atoms with Gasteiger partial charge in [-0.3, -0.25) is 0 Å². The maximum atomic E-state index is 11.6. The normalized spacial score (nSPS) is 21.5. The van der Waals surface area contributed by atoms with Crippen LogP contribution < -0.4 is 4.90 Å². The van der Waals surface area contributed by atoms with Crippen LogP contribution in [0.3, 0.4) is 0 Å². The maximum Gasteiger partial charge on any atom is 0.329 e. The first-order valence-electron chi connectivity index (χ1n) is 6.33. The largest absolute Gasteiger partial charge is 0.479 e. The molecule has 17 heavy (non-hydrogen) atoms. The molecule has 1 aliphatic carbocycles. The molecule has 1 heterocycles. The van der Waals surface area contributed by atoms with Crippen molar-refractivity contribution < 1.29 is 9.90 Å². The number of benzene rings is 1. The number of aliphatic carboxylic acids is 1. The van der Waals surface area contributed by atoms with E-state index in [0.29, 0.717) is 0 Å². The van der Waals surface area contributed by atoms with Crippen LogP contribution in [-0.4, -0.2) is 23.2 Å². The number of anilines is 1. The second kappa shape index (κ2) is 3.76. The van der Waals surface area contributed by atoms with Crippen LogP contribution in [0, 0.1) is 0 Å². The molecule has 2 aliphatic rings. The summed E-state index contributed by atoms with van der Waals surface area (Å²) >= 11 is 0. The smallest absolute Gasteiger partial charge is 0.329 e. The number of carboxylic acid groups (broad SMARTS) is 1. The van der Waals surface area contributed by atoms with Gasteiger partial charge in [-0.05, 0) is 43.7 Å². The van der Waals surface area contributed by atoms with E-state index in [-0.39, 0.29) is 0 Å². The maximum absolute atomic E-state index is 11.6. The van der Waals surface area contributed by atoms with Gasteiger partial charge < -0.3 is 10.0 Å². The number of carbonyl (C=O) groups is 1. The Morgan fingerprint density at radius 1 is 1.24 bits per heavy atom. The van der Waals surface area contributed by atoms with Gasteiger partial charge in [-0.2, -0.15) is 0 Å². The molecule has 0 bridgehead atoms. The van der Waals surface area contributed by atoms with E-state index in [1.54, 1.807) is 0 Å². The topological polar surface area (TPSA) is 40.5 Å². The van der Waals surface area contributed by atoms with Crippen LogP contribution >= 0.6 is 0 Å². The highest BCUT2D eigenvalue weighted by molar-refractivity contribution is 5.85. The molecule has 1 aliphatic heterocycles. The third kappa shape index (κ3) is 1.45. The van der Waals surface area contributed by atoms with Crippen LogP contribution in [-0.2, 0) is 11.2 Å². The van der Waals surface area contributed by atoms with Crippen LogP contribution in [0.15, 0.2) is 24.3 Å². The van der Waals surface area contributed by atoms with E-state index >= 15 is 0 Å². The minimum atomic E-state index is -0.652. The van der Waals surface area contributed by atoms with Crippen molar-refractivity contribution in [1.29, 1.82) is 0 Å². The van der Waals surface area contributed by atoms with E-state index in [2.05, 4.69) is 17.0 Å². The molecule has 1 aromatic rings. The monoisotopic (exact) mass is 231 g/mol. The first kappa shape index (κ1) is 10.6. The Morgan fingerprint density at radius 2 is 2.00 bits per heavy atom. The van der Waals surface area contributed by atoms with Crippen LogP contribution in [0.2, 0.25) is 0 Å². The third-order valence-corrected chi connectivity index (χ3v) is 4.21. The summed E-state index contributed by atoms with van der Waals surface area (Å²) < 4.78 is 0. The van der Waals surface area contributed by atoms with Crippen LogP contribution in [0.5, 0.6) is 0 Å². The number of fused-ring (bicyclic) bond motifs is 1. The van der Waals surface area contributed by atoms with Crippen molar-refractivity contribution in [1.82, 2.24) is 0 Å². The van der Waals surface area contributed by atoms with Gasteiger partial charge in [0.25, 0.3) is 0 Å². The Balaban J connectivity index is 2.02. The zero-order valence-corrected chi connectivity index (χ0v) is 9.85. The second-order valence-electron chi connectivity index (χ2n) is 5.07. The molecule has 0 atom stereocenters. The minimum Gasteiger partial charge on any atom is -0.479 e. The molecule has 1 N–H and O–H groups in total. The van der Waals surface area contributed by atoms with Crippen LogP contribution in [0.1, 0.15) is 31.2 Å². The highest BCUT2D eigenvalue weighted by atomic mass is 16.4. The lowest BCUT2D eigenvalue weighted by Crippen LogP contribution is -2.60. The van der Waals surface area contributed by atoms with Gasteiger partial charge in [-0.15, -0.1) is 0 Å². The van der Waals surface area contributed by atoms with Crippen LogP contribution in [0.4, 0.5) is 5.69 Å². The van der Waals surface area contributed by atoms with Gasteiger partial charge >= 0.3 is 5.97 Å². The number of rotatable bonds is 2. The van der Waals surface area contributed by atoms with Crippen molar-refractivity contribution in [2.45, 2.75) is 37.6 Å². The van der Waals surface area contributed by atoms with E-state index in [0.717, 1.165) is 44.3 Å². The minimum absolute atomic E-state index is 0.615. The molecule has 1 saturated carbocycles. The van der Waals surface area contributed by atoms with Gasteiger partial charge in [0.1, 0.15) is 5.54 Å². The van der Waals surface area contributed by atoms with Crippen molar-refractivity contribution in [2.24, 2.45) is 0 Å². The molecule has 1 aromatic carbocycles. The zero-order valence-electron chi connectivity index (χ0n) is 9.85. The van der Waals surface area contributed by atoms with Crippen molar-refractivity contribution >= 4 is 11.7 Å². The van der Waals surface area contributed by atoms with E-state index in [1.165, 1.54) is 5.56 Å². The molecule has 1 fully saturated rings. The van der Waals surface area contributed by atoms with Crippen molar-refractivity contribution in [3.8, 4) is 0 Å². The lowest BCUT2D eigenvalue weighted by Gasteiger charge is -2.50. The Labute approximate surface area is 101 Å². The van der Waals surface area contributed by atoms with E-state index < -0.39 is 11.5 Å². The summed E-state index contributed by atoms with van der Waals surface area (Å²) in [4.78, 5) is 13.7. The van der Waals surface area contributed by atoms with E-state index in [1.807, 2.05) is 12.1 Å². The molecule has 0 saturated heterocycles. The van der Waals surface area contributed by atoms with Gasteiger partial charge in [-0.1, -0.05) is 18.2 Å². The molecule has 0 unspecified atom stereocenters. The number of hydrogen-bond donors (Lipinski definition) is 1. The summed E-state index contributed by atoms with van der Waals surface area (Å²) in [6.07, 6.45) is 4.74. The molecular weight excluding hydrogens is 214 g/mol. The van der Waals surface area contributed by atoms with E-state index in [9.17, 15) is 9.90 Å².